The van der Waals surface area contributed by atoms with Crippen LogP contribution in [0.2, 0.25) is 0 Å². The average molecular weight is 297 g/mol. The van der Waals surface area contributed by atoms with Crippen molar-refractivity contribution in [1.29, 1.82) is 0 Å². The Morgan fingerprint density at radius 2 is 2.05 bits per heavy atom. The summed E-state index contributed by atoms with van der Waals surface area (Å²) in [6, 6.07) is 4.12. The summed E-state index contributed by atoms with van der Waals surface area (Å²) >= 11 is 0. The van der Waals surface area contributed by atoms with Crippen molar-refractivity contribution >= 4 is 0 Å². The molecule has 118 valence electrons. The molecule has 1 aliphatic heterocycles. The Balaban J connectivity index is 2.01. The molecular formula is C17H25F2NO. The molecular weight excluding hydrogens is 272 g/mol. The predicted octanol–water partition coefficient (Wildman–Crippen LogP) is 3.83. The van der Waals surface area contributed by atoms with Crippen molar-refractivity contribution < 1.29 is 13.5 Å². The van der Waals surface area contributed by atoms with E-state index in [1.807, 2.05) is 0 Å². The maximum Gasteiger partial charge on any atom is 0.129 e. The number of benzene rings is 1. The molecule has 0 bridgehead atoms. The van der Waals surface area contributed by atoms with Gasteiger partial charge < -0.3 is 10.1 Å². The Morgan fingerprint density at radius 3 is 2.67 bits per heavy atom. The minimum Gasteiger partial charge on any atom is -0.378 e. The van der Waals surface area contributed by atoms with Crippen molar-refractivity contribution in [2.45, 2.75) is 57.6 Å². The second-order valence-electron chi connectivity index (χ2n) is 5.78. The van der Waals surface area contributed by atoms with Crippen LogP contribution in [0.4, 0.5) is 8.78 Å². The maximum atomic E-state index is 13.8. The van der Waals surface area contributed by atoms with Gasteiger partial charge in [0.05, 0.1) is 6.10 Å². The number of ether oxygens (including phenoxy) is 1. The first-order valence-electron chi connectivity index (χ1n) is 7.98. The summed E-state index contributed by atoms with van der Waals surface area (Å²) in [5, 5.41) is 3.41. The lowest BCUT2D eigenvalue weighted by atomic mass is 9.96. The van der Waals surface area contributed by atoms with Gasteiger partial charge in [0.1, 0.15) is 11.6 Å². The zero-order valence-corrected chi connectivity index (χ0v) is 12.7. The van der Waals surface area contributed by atoms with Gasteiger partial charge in [0.2, 0.25) is 0 Å². The van der Waals surface area contributed by atoms with Crippen molar-refractivity contribution in [3.8, 4) is 0 Å². The number of hydrogen-bond donors (Lipinski definition) is 1. The molecule has 1 N–H and O–H groups in total. The second-order valence-corrected chi connectivity index (χ2v) is 5.78. The number of nitrogens with one attached hydrogen (secondary N) is 1. The van der Waals surface area contributed by atoms with Crippen LogP contribution in [0, 0.1) is 11.6 Å². The van der Waals surface area contributed by atoms with Gasteiger partial charge in [-0.25, -0.2) is 8.78 Å². The minimum absolute atomic E-state index is 0.0550. The minimum atomic E-state index is -0.456. The van der Waals surface area contributed by atoms with Crippen LogP contribution in [-0.4, -0.2) is 25.3 Å². The molecule has 1 heterocycles. The van der Waals surface area contributed by atoms with Crippen LogP contribution in [0.1, 0.15) is 44.6 Å². The van der Waals surface area contributed by atoms with Gasteiger partial charge in [0, 0.05) is 18.2 Å². The lowest BCUT2D eigenvalue weighted by molar-refractivity contribution is 0.00517. The zero-order chi connectivity index (χ0) is 15.1. The molecule has 2 rings (SSSR count). The molecule has 1 aromatic carbocycles. The third kappa shape index (κ3) is 5.04. The molecule has 4 heteroatoms. The van der Waals surface area contributed by atoms with E-state index >= 15 is 0 Å². The first-order chi connectivity index (χ1) is 10.2. The van der Waals surface area contributed by atoms with E-state index in [2.05, 4.69) is 12.2 Å². The molecule has 0 saturated carbocycles. The fourth-order valence-corrected chi connectivity index (χ4v) is 2.87. The fraction of sp³-hybridized carbons (Fsp3) is 0.647. The SMILES string of the molecule is CCCNC(Cc1c(F)cccc1F)CC1CCCCO1. The van der Waals surface area contributed by atoms with Gasteiger partial charge in [-0.2, -0.15) is 0 Å². The first kappa shape index (κ1) is 16.4. The molecule has 2 unspecified atom stereocenters. The highest BCUT2D eigenvalue weighted by Gasteiger charge is 2.21. The van der Waals surface area contributed by atoms with Crippen molar-refractivity contribution in [1.82, 2.24) is 5.32 Å². The van der Waals surface area contributed by atoms with E-state index in [4.69, 9.17) is 4.74 Å². The molecule has 0 spiro atoms. The monoisotopic (exact) mass is 297 g/mol. The fourth-order valence-electron chi connectivity index (χ4n) is 2.87. The van der Waals surface area contributed by atoms with E-state index in [0.29, 0.717) is 6.42 Å². The van der Waals surface area contributed by atoms with E-state index < -0.39 is 11.6 Å². The average Bonchev–Trinajstić information content (AvgIpc) is 2.49. The van der Waals surface area contributed by atoms with Crippen LogP contribution in [-0.2, 0) is 11.2 Å². The highest BCUT2D eigenvalue weighted by Crippen LogP contribution is 2.21. The largest absolute Gasteiger partial charge is 0.378 e. The summed E-state index contributed by atoms with van der Waals surface area (Å²) in [6.07, 6.45) is 5.74. The van der Waals surface area contributed by atoms with Gasteiger partial charge in [-0.1, -0.05) is 13.0 Å². The van der Waals surface area contributed by atoms with Gasteiger partial charge >= 0.3 is 0 Å². The number of hydrogen-bond acceptors (Lipinski definition) is 2. The topological polar surface area (TPSA) is 21.3 Å². The molecule has 1 saturated heterocycles. The highest BCUT2D eigenvalue weighted by atomic mass is 19.1. The molecule has 0 aliphatic carbocycles. The van der Waals surface area contributed by atoms with Crippen LogP contribution in [0.15, 0.2) is 18.2 Å². The standard InChI is InChI=1S/C17H25F2NO/c1-2-9-20-13(11-14-6-3-4-10-21-14)12-15-16(18)7-5-8-17(15)19/h5,7-8,13-14,20H,2-4,6,9-12H2,1H3. The summed E-state index contributed by atoms with van der Waals surface area (Å²) in [6.45, 7) is 3.75. The highest BCUT2D eigenvalue weighted by molar-refractivity contribution is 5.20. The third-order valence-corrected chi connectivity index (χ3v) is 4.02. The molecule has 1 aromatic rings. The Morgan fingerprint density at radius 1 is 1.29 bits per heavy atom. The smallest absolute Gasteiger partial charge is 0.129 e. The quantitative estimate of drug-likeness (QED) is 0.826. The molecule has 2 nitrogen and oxygen atoms in total. The normalized spacial score (nSPS) is 20.4. The molecule has 0 aromatic heterocycles. The van der Waals surface area contributed by atoms with Gasteiger partial charge in [-0.05, 0) is 57.2 Å². The lowest BCUT2D eigenvalue weighted by Crippen LogP contribution is -2.37. The third-order valence-electron chi connectivity index (χ3n) is 4.02. The molecule has 2 atom stereocenters. The van der Waals surface area contributed by atoms with Crippen LogP contribution in [0.3, 0.4) is 0 Å². The van der Waals surface area contributed by atoms with Crippen LogP contribution < -0.4 is 5.32 Å². The molecule has 21 heavy (non-hydrogen) atoms. The number of halogens is 2. The van der Waals surface area contributed by atoms with Crippen molar-refractivity contribution in [2.24, 2.45) is 0 Å². The van der Waals surface area contributed by atoms with Gasteiger partial charge in [0.15, 0.2) is 0 Å². The molecule has 0 radical (unpaired) electrons. The predicted molar refractivity (Wildman–Crippen MR) is 80.4 cm³/mol. The van der Waals surface area contributed by atoms with E-state index in [1.165, 1.54) is 24.6 Å². The van der Waals surface area contributed by atoms with Crippen LogP contribution in [0.5, 0.6) is 0 Å². The molecule has 0 amide bonds. The van der Waals surface area contributed by atoms with Crippen molar-refractivity contribution in [3.05, 3.63) is 35.4 Å². The molecule has 1 fully saturated rings. The van der Waals surface area contributed by atoms with Crippen LogP contribution in [0.25, 0.3) is 0 Å². The van der Waals surface area contributed by atoms with Gasteiger partial charge in [-0.15, -0.1) is 0 Å². The van der Waals surface area contributed by atoms with Gasteiger partial charge in [0.25, 0.3) is 0 Å². The summed E-state index contributed by atoms with van der Waals surface area (Å²) in [7, 11) is 0. The molecule has 1 aliphatic rings. The Bertz CT molecular complexity index is 413. The summed E-state index contributed by atoms with van der Waals surface area (Å²) in [4.78, 5) is 0. The van der Waals surface area contributed by atoms with Crippen LogP contribution >= 0.6 is 0 Å². The van der Waals surface area contributed by atoms with Crippen molar-refractivity contribution in [3.63, 3.8) is 0 Å². The Kier molecular flexibility index (Phi) is 6.58. The summed E-state index contributed by atoms with van der Waals surface area (Å²) in [5.74, 6) is -0.911. The number of rotatable bonds is 7. The first-order valence-corrected chi connectivity index (χ1v) is 7.98. The summed E-state index contributed by atoms with van der Waals surface area (Å²) < 4.78 is 33.4. The van der Waals surface area contributed by atoms with E-state index in [-0.39, 0.29) is 17.7 Å². The Labute approximate surface area is 125 Å². The summed E-state index contributed by atoms with van der Waals surface area (Å²) in [5.41, 5.74) is 0.182. The lowest BCUT2D eigenvalue weighted by Gasteiger charge is -2.28. The van der Waals surface area contributed by atoms with E-state index in [1.54, 1.807) is 0 Å². The zero-order valence-electron chi connectivity index (χ0n) is 12.7. The maximum absolute atomic E-state index is 13.8. The Hall–Kier alpha value is -1.00. The second kappa shape index (κ2) is 8.44. The van der Waals surface area contributed by atoms with Gasteiger partial charge in [-0.3, -0.25) is 0 Å². The van der Waals surface area contributed by atoms with Crippen molar-refractivity contribution in [2.75, 3.05) is 13.2 Å². The van der Waals surface area contributed by atoms with E-state index in [9.17, 15) is 8.78 Å². The van der Waals surface area contributed by atoms with E-state index in [0.717, 1.165) is 38.8 Å².